The fraction of sp³-hybridized carbons (Fsp3) is 0.364. The van der Waals surface area contributed by atoms with Crippen LogP contribution >= 0.6 is 0 Å². The first-order valence-corrected chi connectivity index (χ1v) is 11.6. The molecule has 1 saturated heterocycles. The second-order valence-corrected chi connectivity index (χ2v) is 9.45. The van der Waals surface area contributed by atoms with Gasteiger partial charge in [-0.2, -0.15) is 9.40 Å². The molecule has 0 saturated carbocycles. The molecule has 4 rings (SSSR count). The van der Waals surface area contributed by atoms with E-state index in [0.717, 1.165) is 18.5 Å². The molecule has 3 aromatic rings. The Hall–Kier alpha value is -2.58. The Labute approximate surface area is 176 Å². The zero-order chi connectivity index (χ0) is 21.3. The summed E-state index contributed by atoms with van der Waals surface area (Å²) in [6.07, 6.45) is 3.03. The average molecular weight is 429 g/mol. The van der Waals surface area contributed by atoms with Crippen LogP contribution in [0.25, 0.3) is 11.3 Å². The van der Waals surface area contributed by atoms with Gasteiger partial charge >= 0.3 is 0 Å². The van der Waals surface area contributed by atoms with Gasteiger partial charge in [0.25, 0.3) is 0 Å². The van der Waals surface area contributed by atoms with Crippen molar-refractivity contribution in [1.82, 2.24) is 19.1 Å². The van der Waals surface area contributed by atoms with Gasteiger partial charge in [0.05, 0.1) is 17.6 Å². The van der Waals surface area contributed by atoms with Crippen LogP contribution in [0.15, 0.2) is 53.6 Å². The first kappa shape index (κ1) is 20.7. The van der Waals surface area contributed by atoms with Gasteiger partial charge in [0, 0.05) is 36.8 Å². The summed E-state index contributed by atoms with van der Waals surface area (Å²) in [6.45, 7) is 5.16. The lowest BCUT2D eigenvalue weighted by atomic mass is 9.95. The van der Waals surface area contributed by atoms with Crippen LogP contribution in [-0.4, -0.2) is 40.6 Å². The number of piperidine rings is 1. The zero-order valence-corrected chi connectivity index (χ0v) is 17.9. The summed E-state index contributed by atoms with van der Waals surface area (Å²) in [4.78, 5) is 4.94. The maximum atomic E-state index is 14.2. The normalized spacial score (nSPS) is 17.9. The van der Waals surface area contributed by atoms with Gasteiger partial charge in [-0.3, -0.25) is 9.67 Å². The van der Waals surface area contributed by atoms with Crippen LogP contribution in [0, 0.1) is 12.7 Å². The third-order valence-electron chi connectivity index (χ3n) is 5.70. The van der Waals surface area contributed by atoms with E-state index < -0.39 is 10.0 Å². The van der Waals surface area contributed by atoms with E-state index in [1.807, 2.05) is 19.1 Å². The lowest BCUT2D eigenvalue weighted by Gasteiger charge is -2.31. The molecule has 1 aliphatic rings. The minimum atomic E-state index is -3.63. The van der Waals surface area contributed by atoms with Crippen molar-refractivity contribution in [2.24, 2.45) is 0 Å². The van der Waals surface area contributed by atoms with Gasteiger partial charge < -0.3 is 0 Å². The van der Waals surface area contributed by atoms with Gasteiger partial charge in [-0.15, -0.1) is 0 Å². The van der Waals surface area contributed by atoms with E-state index >= 15 is 0 Å². The monoisotopic (exact) mass is 428 g/mol. The Kier molecular flexibility index (Phi) is 5.71. The van der Waals surface area contributed by atoms with E-state index in [2.05, 4.69) is 10.1 Å². The number of halogens is 1. The Balaban J connectivity index is 1.61. The summed E-state index contributed by atoms with van der Waals surface area (Å²) in [5, 5.41) is 4.19. The molecule has 30 heavy (non-hydrogen) atoms. The summed E-state index contributed by atoms with van der Waals surface area (Å²) in [5.74, 6) is -0.361. The second-order valence-electron chi connectivity index (χ2n) is 7.54. The third kappa shape index (κ3) is 3.77. The minimum Gasteiger partial charge on any atom is -0.269 e. The lowest BCUT2D eigenvalue weighted by molar-refractivity contribution is 0.312. The number of aryl methyl sites for hydroxylation is 1. The van der Waals surface area contributed by atoms with Crippen LogP contribution < -0.4 is 0 Å². The molecule has 1 atom stereocenters. The van der Waals surface area contributed by atoms with Gasteiger partial charge in [-0.05, 0) is 51.0 Å². The fourth-order valence-corrected chi connectivity index (χ4v) is 5.72. The molecule has 0 amide bonds. The van der Waals surface area contributed by atoms with Crippen molar-refractivity contribution < 1.29 is 12.8 Å². The van der Waals surface area contributed by atoms with Gasteiger partial charge in [0.2, 0.25) is 10.0 Å². The lowest BCUT2D eigenvalue weighted by Crippen LogP contribution is -2.39. The Morgan fingerprint density at radius 1 is 1.17 bits per heavy atom. The van der Waals surface area contributed by atoms with Crippen LogP contribution in [0.2, 0.25) is 0 Å². The Bertz CT molecular complexity index is 1160. The quantitative estimate of drug-likeness (QED) is 0.616. The number of benzene rings is 1. The number of hydrogen-bond donors (Lipinski definition) is 0. The van der Waals surface area contributed by atoms with Crippen molar-refractivity contribution >= 4 is 10.0 Å². The number of nitrogens with zero attached hydrogens (tertiary/aromatic N) is 4. The Morgan fingerprint density at radius 2 is 1.97 bits per heavy atom. The first-order chi connectivity index (χ1) is 14.4. The summed E-state index contributed by atoms with van der Waals surface area (Å²) < 4.78 is 43.9. The van der Waals surface area contributed by atoms with Gasteiger partial charge in [0.15, 0.2) is 0 Å². The SMILES string of the molecule is CCn1ncc(S(=O)(=O)N2CCCC(c3cccc(-c4ccccc4F)n3)C2)c1C. The topological polar surface area (TPSA) is 68.1 Å². The highest BCUT2D eigenvalue weighted by Crippen LogP contribution is 2.31. The highest BCUT2D eigenvalue weighted by atomic mass is 32.2. The predicted octanol–water partition coefficient (Wildman–Crippen LogP) is 3.98. The van der Waals surface area contributed by atoms with Crippen molar-refractivity contribution in [1.29, 1.82) is 0 Å². The zero-order valence-electron chi connectivity index (χ0n) is 17.1. The smallest absolute Gasteiger partial charge is 0.246 e. The molecule has 8 heteroatoms. The fourth-order valence-electron chi connectivity index (χ4n) is 4.04. The Morgan fingerprint density at radius 3 is 2.70 bits per heavy atom. The van der Waals surface area contributed by atoms with Crippen molar-refractivity contribution in [2.45, 2.75) is 44.0 Å². The maximum absolute atomic E-state index is 14.2. The van der Waals surface area contributed by atoms with Crippen LogP contribution in [0.4, 0.5) is 4.39 Å². The van der Waals surface area contributed by atoms with Crippen molar-refractivity contribution in [3.63, 3.8) is 0 Å². The van der Waals surface area contributed by atoms with Crippen molar-refractivity contribution in [3.05, 3.63) is 65.9 Å². The van der Waals surface area contributed by atoms with Crippen LogP contribution in [-0.2, 0) is 16.6 Å². The molecule has 0 bridgehead atoms. The van der Waals surface area contributed by atoms with E-state index in [1.54, 1.807) is 35.9 Å². The number of aromatic nitrogens is 3. The molecule has 1 unspecified atom stereocenters. The summed E-state index contributed by atoms with van der Waals surface area (Å²) in [7, 11) is -3.63. The molecule has 0 aliphatic carbocycles. The van der Waals surface area contributed by atoms with Gasteiger partial charge in [-0.25, -0.2) is 12.8 Å². The molecule has 2 aromatic heterocycles. The molecule has 1 aromatic carbocycles. The number of pyridine rings is 1. The predicted molar refractivity (Wildman–Crippen MR) is 113 cm³/mol. The van der Waals surface area contributed by atoms with E-state index in [1.165, 1.54) is 16.6 Å². The molecular formula is C22H25FN4O2S. The first-order valence-electron chi connectivity index (χ1n) is 10.2. The number of rotatable bonds is 5. The number of sulfonamides is 1. The third-order valence-corrected chi connectivity index (χ3v) is 7.67. The van der Waals surface area contributed by atoms with Gasteiger partial charge in [-0.1, -0.05) is 18.2 Å². The van der Waals surface area contributed by atoms with Crippen LogP contribution in [0.5, 0.6) is 0 Å². The summed E-state index contributed by atoms with van der Waals surface area (Å²) in [5.41, 5.74) is 2.45. The largest absolute Gasteiger partial charge is 0.269 e. The highest BCUT2D eigenvalue weighted by molar-refractivity contribution is 7.89. The van der Waals surface area contributed by atoms with E-state index in [-0.39, 0.29) is 16.6 Å². The minimum absolute atomic E-state index is 0.0400. The number of hydrogen-bond acceptors (Lipinski definition) is 4. The van der Waals surface area contributed by atoms with E-state index in [9.17, 15) is 12.8 Å². The molecule has 0 spiro atoms. The van der Waals surface area contributed by atoms with Gasteiger partial charge in [0.1, 0.15) is 10.7 Å². The van der Waals surface area contributed by atoms with Crippen molar-refractivity contribution in [2.75, 3.05) is 13.1 Å². The van der Waals surface area contributed by atoms with Crippen molar-refractivity contribution in [3.8, 4) is 11.3 Å². The molecule has 0 N–H and O–H groups in total. The highest BCUT2D eigenvalue weighted by Gasteiger charge is 2.33. The molecule has 0 radical (unpaired) electrons. The molecule has 6 nitrogen and oxygen atoms in total. The van der Waals surface area contributed by atoms with Crippen LogP contribution in [0.1, 0.15) is 37.1 Å². The summed E-state index contributed by atoms with van der Waals surface area (Å²) >= 11 is 0. The molecule has 158 valence electrons. The maximum Gasteiger partial charge on any atom is 0.246 e. The second kappa shape index (κ2) is 8.28. The molecule has 1 aliphatic heterocycles. The van der Waals surface area contributed by atoms with Crippen LogP contribution in [0.3, 0.4) is 0 Å². The summed E-state index contributed by atoms with van der Waals surface area (Å²) in [6, 6.07) is 12.1. The average Bonchev–Trinajstić information content (AvgIpc) is 3.15. The molecule has 3 heterocycles. The van der Waals surface area contributed by atoms with E-state index in [0.29, 0.717) is 36.6 Å². The standard InChI is InChI=1S/C22H25FN4O2S/c1-3-27-16(2)22(14-24-27)30(28,29)26-13-7-8-17(15-26)20-11-6-12-21(25-20)18-9-4-5-10-19(18)23/h4-6,9-12,14,17H,3,7-8,13,15H2,1-2H3. The van der Waals surface area contributed by atoms with E-state index in [4.69, 9.17) is 0 Å². The molecule has 1 fully saturated rings. The molecular weight excluding hydrogens is 403 g/mol.